The summed E-state index contributed by atoms with van der Waals surface area (Å²) >= 11 is 0. The molecule has 0 aliphatic heterocycles. The van der Waals surface area contributed by atoms with Crippen molar-refractivity contribution in [1.29, 1.82) is 0 Å². The fourth-order valence-corrected chi connectivity index (χ4v) is 4.98. The molecule has 0 bridgehead atoms. The van der Waals surface area contributed by atoms with Gasteiger partial charge in [0.2, 0.25) is 5.91 Å². The molecule has 3 aromatic carbocycles. The maximum atomic E-state index is 13.3. The minimum atomic E-state index is -0.233. The predicted octanol–water partition coefficient (Wildman–Crippen LogP) is 7.02. The van der Waals surface area contributed by atoms with Crippen LogP contribution < -0.4 is 10.1 Å². The van der Waals surface area contributed by atoms with E-state index in [-0.39, 0.29) is 11.9 Å². The summed E-state index contributed by atoms with van der Waals surface area (Å²) in [6.45, 7) is 4.48. The summed E-state index contributed by atoms with van der Waals surface area (Å²) in [5, 5.41) is 4.35. The van der Waals surface area contributed by atoms with Gasteiger partial charge in [0, 0.05) is 35.1 Å². The van der Waals surface area contributed by atoms with E-state index in [0.717, 1.165) is 57.6 Å². The number of carbonyl (C=O) groups is 1. The fraction of sp³-hybridized carbons (Fsp3) is 0.258. The molecule has 4 aromatic rings. The molecule has 1 heterocycles. The van der Waals surface area contributed by atoms with Crippen LogP contribution in [0.2, 0.25) is 0 Å². The van der Waals surface area contributed by atoms with E-state index in [2.05, 4.69) is 11.4 Å². The number of carbonyl (C=O) groups excluding carboxylic acids is 1. The topological polar surface area (TPSA) is 51.5 Å². The van der Waals surface area contributed by atoms with E-state index in [4.69, 9.17) is 9.15 Å². The normalized spacial score (nSPS) is 13.6. The Morgan fingerprint density at radius 1 is 1.00 bits per heavy atom. The molecule has 1 aliphatic rings. The second-order valence-corrected chi connectivity index (χ2v) is 9.08. The third-order valence-corrected chi connectivity index (χ3v) is 6.68. The third kappa shape index (κ3) is 4.88. The number of amides is 1. The Kier molecular flexibility index (Phi) is 6.71. The highest BCUT2D eigenvalue weighted by Crippen LogP contribution is 2.38. The Bertz CT molecular complexity index is 1310. The van der Waals surface area contributed by atoms with Crippen molar-refractivity contribution in [2.24, 2.45) is 0 Å². The molecule has 0 unspecified atom stereocenters. The summed E-state index contributed by atoms with van der Waals surface area (Å²) in [5.41, 5.74) is 6.05. The first-order valence-electron chi connectivity index (χ1n) is 12.4. The predicted molar refractivity (Wildman–Crippen MR) is 141 cm³/mol. The Hall–Kier alpha value is -3.79. The van der Waals surface area contributed by atoms with Crippen molar-refractivity contribution in [3.8, 4) is 5.75 Å². The summed E-state index contributed by atoms with van der Waals surface area (Å²) in [6, 6.07) is 24.0. The molecule has 1 aliphatic carbocycles. The lowest BCUT2D eigenvalue weighted by molar-refractivity contribution is -0.116. The van der Waals surface area contributed by atoms with Crippen molar-refractivity contribution in [2.75, 3.05) is 6.61 Å². The van der Waals surface area contributed by atoms with Gasteiger partial charge in [-0.05, 0) is 55.9 Å². The molecule has 0 saturated heterocycles. The van der Waals surface area contributed by atoms with Crippen LogP contribution in [0.15, 0.2) is 83.3 Å². The second kappa shape index (κ2) is 10.2. The van der Waals surface area contributed by atoms with Crippen LogP contribution in [0.3, 0.4) is 0 Å². The first kappa shape index (κ1) is 23.0. The second-order valence-electron chi connectivity index (χ2n) is 9.08. The van der Waals surface area contributed by atoms with Crippen molar-refractivity contribution in [3.05, 3.63) is 107 Å². The fourth-order valence-electron chi connectivity index (χ4n) is 4.98. The minimum Gasteiger partial charge on any atom is -0.493 e. The lowest BCUT2D eigenvalue weighted by Gasteiger charge is -2.19. The van der Waals surface area contributed by atoms with Crippen LogP contribution >= 0.6 is 0 Å². The number of fused-ring (bicyclic) bond motifs is 3. The van der Waals surface area contributed by atoms with Gasteiger partial charge in [-0.2, -0.15) is 0 Å². The standard InChI is InChI=1S/C31H31NO3/c1-3-34-28-20-29-26(24-16-10-11-17-27(24)35-29)19-25(28)21(2)18-30(33)32-31(22-12-6-4-7-13-22)23-14-8-5-9-15-23/h4-9,12-15,18-20,31H,3,10-11,16-17H2,1-2H3,(H,32,33)/b21-18+. The molecule has 0 radical (unpaired) electrons. The molecule has 178 valence electrons. The number of ether oxygens (including phenoxy) is 1. The lowest BCUT2D eigenvalue weighted by Crippen LogP contribution is -2.27. The zero-order valence-corrected chi connectivity index (χ0v) is 20.3. The van der Waals surface area contributed by atoms with Crippen LogP contribution in [0.4, 0.5) is 0 Å². The molecule has 0 spiro atoms. The molecule has 0 atom stereocenters. The van der Waals surface area contributed by atoms with Gasteiger partial charge in [-0.1, -0.05) is 60.7 Å². The van der Waals surface area contributed by atoms with E-state index >= 15 is 0 Å². The third-order valence-electron chi connectivity index (χ3n) is 6.68. The van der Waals surface area contributed by atoms with Gasteiger partial charge < -0.3 is 14.5 Å². The van der Waals surface area contributed by atoms with Gasteiger partial charge in [0.05, 0.1) is 12.6 Å². The van der Waals surface area contributed by atoms with Crippen molar-refractivity contribution >= 4 is 22.4 Å². The number of aryl methyl sites for hydroxylation is 2. The highest BCUT2D eigenvalue weighted by atomic mass is 16.5. The quantitative estimate of drug-likeness (QED) is 0.298. The SMILES string of the molecule is CCOc1cc2oc3c(c2cc1/C(C)=C/C(=O)NC(c1ccccc1)c1ccccc1)CCCC3. The van der Waals surface area contributed by atoms with Crippen LogP contribution in [0.25, 0.3) is 16.5 Å². The number of hydrogen-bond acceptors (Lipinski definition) is 3. The van der Waals surface area contributed by atoms with Crippen molar-refractivity contribution in [3.63, 3.8) is 0 Å². The zero-order chi connectivity index (χ0) is 24.2. The van der Waals surface area contributed by atoms with Gasteiger partial charge in [-0.25, -0.2) is 0 Å². The summed E-state index contributed by atoms with van der Waals surface area (Å²) in [7, 11) is 0. The molecule has 0 fully saturated rings. The lowest BCUT2D eigenvalue weighted by atomic mass is 9.94. The molecule has 1 amide bonds. The maximum Gasteiger partial charge on any atom is 0.245 e. The van der Waals surface area contributed by atoms with Crippen molar-refractivity contribution in [1.82, 2.24) is 5.32 Å². The zero-order valence-electron chi connectivity index (χ0n) is 20.3. The Morgan fingerprint density at radius 2 is 1.66 bits per heavy atom. The average molecular weight is 466 g/mol. The molecule has 0 saturated carbocycles. The van der Waals surface area contributed by atoms with Gasteiger partial charge >= 0.3 is 0 Å². The number of allylic oxidation sites excluding steroid dienone is 1. The van der Waals surface area contributed by atoms with E-state index in [0.29, 0.717) is 6.61 Å². The van der Waals surface area contributed by atoms with E-state index in [1.807, 2.05) is 80.6 Å². The van der Waals surface area contributed by atoms with E-state index in [9.17, 15) is 4.79 Å². The molecule has 5 rings (SSSR count). The van der Waals surface area contributed by atoms with Crippen LogP contribution in [0.5, 0.6) is 5.75 Å². The molecule has 1 N–H and O–H groups in total. The number of furan rings is 1. The van der Waals surface area contributed by atoms with Crippen LogP contribution in [0, 0.1) is 0 Å². The Balaban J connectivity index is 1.48. The van der Waals surface area contributed by atoms with Crippen LogP contribution in [-0.4, -0.2) is 12.5 Å². The van der Waals surface area contributed by atoms with Crippen LogP contribution in [-0.2, 0) is 17.6 Å². The highest BCUT2D eigenvalue weighted by Gasteiger charge is 2.21. The van der Waals surface area contributed by atoms with Gasteiger partial charge in [0.25, 0.3) is 0 Å². The van der Waals surface area contributed by atoms with Gasteiger partial charge in [-0.3, -0.25) is 4.79 Å². The molecular weight excluding hydrogens is 434 g/mol. The summed E-state index contributed by atoms with van der Waals surface area (Å²) in [5.74, 6) is 1.70. The number of hydrogen-bond donors (Lipinski definition) is 1. The monoisotopic (exact) mass is 465 g/mol. The molecule has 4 nitrogen and oxygen atoms in total. The minimum absolute atomic E-state index is 0.142. The van der Waals surface area contributed by atoms with Gasteiger partial charge in [0.15, 0.2) is 0 Å². The number of benzene rings is 3. The van der Waals surface area contributed by atoms with E-state index in [1.165, 1.54) is 18.4 Å². The molecular formula is C31H31NO3. The van der Waals surface area contributed by atoms with Crippen LogP contribution in [0.1, 0.15) is 60.7 Å². The Labute approximate surface area is 206 Å². The molecule has 35 heavy (non-hydrogen) atoms. The van der Waals surface area contributed by atoms with E-state index in [1.54, 1.807) is 6.08 Å². The van der Waals surface area contributed by atoms with Crippen molar-refractivity contribution in [2.45, 2.75) is 45.6 Å². The Morgan fingerprint density at radius 3 is 2.31 bits per heavy atom. The molecule has 1 aromatic heterocycles. The average Bonchev–Trinajstić information content (AvgIpc) is 3.25. The van der Waals surface area contributed by atoms with E-state index < -0.39 is 0 Å². The number of nitrogens with one attached hydrogen (secondary N) is 1. The van der Waals surface area contributed by atoms with Gasteiger partial charge in [0.1, 0.15) is 17.1 Å². The summed E-state index contributed by atoms with van der Waals surface area (Å²) in [4.78, 5) is 13.3. The maximum absolute atomic E-state index is 13.3. The smallest absolute Gasteiger partial charge is 0.245 e. The summed E-state index contributed by atoms with van der Waals surface area (Å²) < 4.78 is 12.1. The number of rotatable bonds is 7. The first-order valence-corrected chi connectivity index (χ1v) is 12.4. The summed E-state index contributed by atoms with van der Waals surface area (Å²) in [6.07, 6.45) is 6.05. The first-order chi connectivity index (χ1) is 17.1. The highest BCUT2D eigenvalue weighted by molar-refractivity contribution is 5.98. The van der Waals surface area contributed by atoms with Crippen molar-refractivity contribution < 1.29 is 13.9 Å². The van der Waals surface area contributed by atoms with Gasteiger partial charge in [-0.15, -0.1) is 0 Å². The molecule has 4 heteroatoms. The largest absolute Gasteiger partial charge is 0.493 e.